The van der Waals surface area contributed by atoms with E-state index in [1.165, 1.54) is 5.56 Å². The fourth-order valence-corrected chi connectivity index (χ4v) is 2.12. The summed E-state index contributed by atoms with van der Waals surface area (Å²) < 4.78 is 5.65. The van der Waals surface area contributed by atoms with Crippen molar-refractivity contribution in [1.29, 1.82) is 0 Å². The average molecular weight is 455 g/mol. The Morgan fingerprint density at radius 2 is 1.72 bits per heavy atom. The van der Waals surface area contributed by atoms with Crippen LogP contribution in [0.15, 0.2) is 59.6 Å². The number of benzene rings is 2. The predicted octanol–water partition coefficient (Wildman–Crippen LogP) is 3.28. The number of ether oxygens (including phenoxy) is 1. The first-order valence-corrected chi connectivity index (χ1v) is 8.19. The van der Waals surface area contributed by atoms with Crippen LogP contribution in [0.25, 0.3) is 0 Å². The van der Waals surface area contributed by atoms with Gasteiger partial charge in [0.2, 0.25) is 0 Å². The smallest absolute Gasteiger partial charge is 0.191 e. The number of nitrogens with zero attached hydrogens (tertiary/aromatic N) is 1. The Labute approximate surface area is 166 Å². The fraction of sp³-hybridized carbons (Fsp3) is 0.316. The molecule has 0 radical (unpaired) electrons. The van der Waals surface area contributed by atoms with Crippen LogP contribution in [0.2, 0.25) is 0 Å². The van der Waals surface area contributed by atoms with Crippen molar-refractivity contribution in [3.8, 4) is 5.75 Å². The van der Waals surface area contributed by atoms with Gasteiger partial charge >= 0.3 is 0 Å². The Morgan fingerprint density at radius 3 is 2.40 bits per heavy atom. The topological polar surface area (TPSA) is 65.9 Å². The molecule has 0 aliphatic rings. The maximum atomic E-state index is 9.29. The van der Waals surface area contributed by atoms with Gasteiger partial charge in [0, 0.05) is 13.1 Å². The number of phenolic OH excluding ortho intramolecular Hbond substituents is 1. The van der Waals surface area contributed by atoms with Gasteiger partial charge in [-0.3, -0.25) is 0 Å². The number of guanidine groups is 1. The van der Waals surface area contributed by atoms with E-state index in [1.807, 2.05) is 37.3 Å². The van der Waals surface area contributed by atoms with E-state index in [9.17, 15) is 5.11 Å². The van der Waals surface area contributed by atoms with Crippen molar-refractivity contribution in [2.24, 2.45) is 4.99 Å². The van der Waals surface area contributed by atoms with Crippen LogP contribution in [0.3, 0.4) is 0 Å². The van der Waals surface area contributed by atoms with Gasteiger partial charge in [0.05, 0.1) is 19.8 Å². The molecule has 0 spiro atoms. The van der Waals surface area contributed by atoms with Crippen molar-refractivity contribution in [3.63, 3.8) is 0 Å². The maximum Gasteiger partial charge on any atom is 0.191 e. The van der Waals surface area contributed by atoms with Gasteiger partial charge in [-0.2, -0.15) is 0 Å². The molecular weight excluding hydrogens is 429 g/mol. The van der Waals surface area contributed by atoms with E-state index in [-0.39, 0.29) is 29.7 Å². The molecule has 0 bridgehead atoms. The molecule has 0 aromatic heterocycles. The van der Waals surface area contributed by atoms with Gasteiger partial charge in [-0.25, -0.2) is 4.99 Å². The molecule has 0 fully saturated rings. The first-order valence-electron chi connectivity index (χ1n) is 8.19. The fourth-order valence-electron chi connectivity index (χ4n) is 2.12. The summed E-state index contributed by atoms with van der Waals surface area (Å²) in [6, 6.07) is 17.2. The molecule has 0 aliphatic heterocycles. The van der Waals surface area contributed by atoms with Crippen molar-refractivity contribution in [2.45, 2.75) is 20.1 Å². The standard InChI is InChI=1S/C19H25N3O2.HI/c1-2-20-19(22-14-16-8-10-18(23)11-9-16)21-12-13-24-15-17-6-4-3-5-7-17;/h3-11,23H,2,12-15H2,1H3,(H2,20,21,22);1H. The zero-order valence-corrected chi connectivity index (χ0v) is 16.8. The third-order valence-corrected chi connectivity index (χ3v) is 3.35. The number of rotatable bonds is 8. The van der Waals surface area contributed by atoms with E-state index in [4.69, 9.17) is 4.74 Å². The second-order valence-electron chi connectivity index (χ2n) is 5.33. The van der Waals surface area contributed by atoms with Gasteiger partial charge in [-0.1, -0.05) is 42.5 Å². The third kappa shape index (κ3) is 8.74. The van der Waals surface area contributed by atoms with Gasteiger partial charge in [-0.05, 0) is 30.2 Å². The third-order valence-electron chi connectivity index (χ3n) is 3.35. The van der Waals surface area contributed by atoms with Crippen LogP contribution >= 0.6 is 24.0 Å². The zero-order valence-electron chi connectivity index (χ0n) is 14.4. The largest absolute Gasteiger partial charge is 0.508 e. The van der Waals surface area contributed by atoms with E-state index in [0.717, 1.165) is 18.1 Å². The Balaban J connectivity index is 0.00000312. The number of nitrogens with one attached hydrogen (secondary N) is 2. The molecule has 2 aromatic carbocycles. The molecule has 0 atom stereocenters. The van der Waals surface area contributed by atoms with Crippen LogP contribution < -0.4 is 10.6 Å². The molecule has 3 N–H and O–H groups in total. The molecule has 2 rings (SSSR count). The summed E-state index contributed by atoms with van der Waals surface area (Å²) in [5.41, 5.74) is 2.22. The highest BCUT2D eigenvalue weighted by Gasteiger charge is 1.98. The van der Waals surface area contributed by atoms with Gasteiger partial charge in [0.1, 0.15) is 5.75 Å². The summed E-state index contributed by atoms with van der Waals surface area (Å²) in [6.45, 7) is 5.30. The highest BCUT2D eigenvalue weighted by atomic mass is 127. The van der Waals surface area contributed by atoms with Crippen molar-refractivity contribution >= 4 is 29.9 Å². The Hall–Kier alpha value is -1.80. The van der Waals surface area contributed by atoms with E-state index >= 15 is 0 Å². The molecule has 0 amide bonds. The summed E-state index contributed by atoms with van der Waals surface area (Å²) in [5, 5.41) is 15.8. The van der Waals surface area contributed by atoms with E-state index in [2.05, 4.69) is 27.8 Å². The monoisotopic (exact) mass is 455 g/mol. The summed E-state index contributed by atoms with van der Waals surface area (Å²) in [7, 11) is 0. The van der Waals surface area contributed by atoms with Gasteiger partial charge in [-0.15, -0.1) is 24.0 Å². The molecule has 0 aliphatic carbocycles. The first-order chi connectivity index (χ1) is 11.8. The van der Waals surface area contributed by atoms with Crippen LogP contribution in [0.5, 0.6) is 5.75 Å². The number of halogens is 1. The molecule has 2 aromatic rings. The molecule has 0 saturated heterocycles. The lowest BCUT2D eigenvalue weighted by molar-refractivity contribution is 0.125. The van der Waals surface area contributed by atoms with Gasteiger partial charge in [0.15, 0.2) is 5.96 Å². The lowest BCUT2D eigenvalue weighted by Gasteiger charge is -2.11. The average Bonchev–Trinajstić information content (AvgIpc) is 2.61. The van der Waals surface area contributed by atoms with E-state index in [0.29, 0.717) is 26.3 Å². The van der Waals surface area contributed by atoms with Gasteiger partial charge in [0.25, 0.3) is 0 Å². The molecule has 0 unspecified atom stereocenters. The highest BCUT2D eigenvalue weighted by Crippen LogP contribution is 2.10. The first kappa shape index (κ1) is 21.2. The number of aliphatic imine (C=N–C) groups is 1. The second kappa shape index (κ2) is 12.5. The van der Waals surface area contributed by atoms with Crippen molar-refractivity contribution < 1.29 is 9.84 Å². The minimum atomic E-state index is 0. The lowest BCUT2D eigenvalue weighted by Crippen LogP contribution is -2.38. The number of hydrogen-bond acceptors (Lipinski definition) is 3. The maximum absolute atomic E-state index is 9.29. The lowest BCUT2D eigenvalue weighted by atomic mass is 10.2. The highest BCUT2D eigenvalue weighted by molar-refractivity contribution is 14.0. The van der Waals surface area contributed by atoms with E-state index < -0.39 is 0 Å². The normalized spacial score (nSPS) is 10.8. The van der Waals surface area contributed by atoms with Crippen LogP contribution in [-0.2, 0) is 17.9 Å². The van der Waals surface area contributed by atoms with Crippen LogP contribution in [0, 0.1) is 0 Å². The summed E-state index contributed by atoms with van der Waals surface area (Å²) in [6.07, 6.45) is 0. The Kier molecular flexibility index (Phi) is 10.7. The molecule has 136 valence electrons. The summed E-state index contributed by atoms with van der Waals surface area (Å²) >= 11 is 0. The van der Waals surface area contributed by atoms with Gasteiger partial charge < -0.3 is 20.5 Å². The molecular formula is C19H26IN3O2. The quantitative estimate of drug-likeness (QED) is 0.248. The number of hydrogen-bond donors (Lipinski definition) is 3. The molecule has 0 saturated carbocycles. The number of aromatic hydroxyl groups is 1. The molecule has 5 nitrogen and oxygen atoms in total. The zero-order chi connectivity index (χ0) is 17.0. The van der Waals surface area contributed by atoms with Crippen molar-refractivity contribution in [3.05, 3.63) is 65.7 Å². The Bertz CT molecular complexity index is 618. The summed E-state index contributed by atoms with van der Waals surface area (Å²) in [4.78, 5) is 4.53. The minimum absolute atomic E-state index is 0. The van der Waals surface area contributed by atoms with Crippen LogP contribution in [0.4, 0.5) is 0 Å². The Morgan fingerprint density at radius 1 is 1.00 bits per heavy atom. The van der Waals surface area contributed by atoms with Crippen molar-refractivity contribution in [1.82, 2.24) is 10.6 Å². The van der Waals surface area contributed by atoms with Crippen LogP contribution in [-0.4, -0.2) is 30.8 Å². The van der Waals surface area contributed by atoms with Crippen molar-refractivity contribution in [2.75, 3.05) is 19.7 Å². The molecule has 6 heteroatoms. The second-order valence-corrected chi connectivity index (χ2v) is 5.33. The predicted molar refractivity (Wildman–Crippen MR) is 112 cm³/mol. The minimum Gasteiger partial charge on any atom is -0.508 e. The SMILES string of the molecule is CCNC(=NCc1ccc(O)cc1)NCCOCc1ccccc1.I. The number of phenols is 1. The molecule has 25 heavy (non-hydrogen) atoms. The van der Waals surface area contributed by atoms with E-state index in [1.54, 1.807) is 12.1 Å². The van der Waals surface area contributed by atoms with Crippen LogP contribution in [0.1, 0.15) is 18.1 Å². The molecule has 0 heterocycles. The summed E-state index contributed by atoms with van der Waals surface area (Å²) in [5.74, 6) is 1.03.